The first-order valence-electron chi connectivity index (χ1n) is 7.62. The van der Waals surface area contributed by atoms with E-state index in [-0.39, 0.29) is 18.3 Å². The van der Waals surface area contributed by atoms with Crippen LogP contribution in [0.25, 0.3) is 0 Å². The van der Waals surface area contributed by atoms with Gasteiger partial charge in [-0.05, 0) is 19.3 Å². The lowest BCUT2D eigenvalue weighted by molar-refractivity contribution is -0.121. The second-order valence-electron chi connectivity index (χ2n) is 5.32. The Bertz CT molecular complexity index is 285. The highest BCUT2D eigenvalue weighted by Gasteiger charge is 2.16. The van der Waals surface area contributed by atoms with Gasteiger partial charge in [-0.3, -0.25) is 4.79 Å². The van der Waals surface area contributed by atoms with Crippen LogP contribution in [0, 0.1) is 0 Å². The Kier molecular flexibility index (Phi) is 10.5. The van der Waals surface area contributed by atoms with Crippen LogP contribution in [0.5, 0.6) is 0 Å². The second kappa shape index (κ2) is 11.5. The Morgan fingerprint density at radius 3 is 2.90 bits per heavy atom. The van der Waals surface area contributed by atoms with E-state index in [0.29, 0.717) is 25.1 Å². The molecule has 0 aromatic carbocycles. The Morgan fingerprint density at radius 2 is 2.19 bits per heavy atom. The lowest BCUT2D eigenvalue weighted by Crippen LogP contribution is -2.41. The van der Waals surface area contributed by atoms with Crippen molar-refractivity contribution in [2.24, 2.45) is 0 Å². The van der Waals surface area contributed by atoms with Gasteiger partial charge in [0.15, 0.2) is 0 Å². The summed E-state index contributed by atoms with van der Waals surface area (Å²) in [6.07, 6.45) is 3.82. The van der Waals surface area contributed by atoms with Crippen LogP contribution in [-0.2, 0) is 14.3 Å². The van der Waals surface area contributed by atoms with Crippen molar-refractivity contribution in [1.82, 2.24) is 10.6 Å². The monoisotopic (exact) mass is 338 g/mol. The first-order chi connectivity index (χ1) is 9.84. The fourth-order valence-corrected chi connectivity index (χ4v) is 3.39. The summed E-state index contributed by atoms with van der Waals surface area (Å²) in [6, 6.07) is 0.340. The Morgan fingerprint density at radius 1 is 1.38 bits per heavy atom. The van der Waals surface area contributed by atoms with E-state index >= 15 is 0 Å². The highest BCUT2D eigenvalue weighted by Crippen LogP contribution is 2.11. The average Bonchev–Trinajstić information content (AvgIpc) is 2.49. The van der Waals surface area contributed by atoms with Crippen LogP contribution >= 0.6 is 24.2 Å². The number of carbonyl (C=O) groups is 1. The molecule has 0 aromatic heterocycles. The lowest BCUT2D eigenvalue weighted by atomic mass is 10.1. The molecule has 0 aromatic rings. The Labute approximate surface area is 137 Å². The highest BCUT2D eigenvalue weighted by atomic mass is 35.5. The van der Waals surface area contributed by atoms with Gasteiger partial charge in [-0.2, -0.15) is 11.8 Å². The molecule has 2 aliphatic heterocycles. The number of hydrogen-bond acceptors (Lipinski definition) is 5. The maximum absolute atomic E-state index is 11.8. The number of ether oxygens (including phenoxy) is 2. The van der Waals surface area contributed by atoms with Crippen LogP contribution in [-0.4, -0.2) is 62.5 Å². The van der Waals surface area contributed by atoms with Crippen molar-refractivity contribution >= 4 is 30.1 Å². The number of amides is 1. The summed E-state index contributed by atoms with van der Waals surface area (Å²) in [5.41, 5.74) is 0. The molecule has 0 aliphatic carbocycles. The van der Waals surface area contributed by atoms with E-state index in [4.69, 9.17) is 9.47 Å². The van der Waals surface area contributed by atoms with E-state index in [1.54, 1.807) is 0 Å². The van der Waals surface area contributed by atoms with Gasteiger partial charge in [0.05, 0.1) is 6.10 Å². The van der Waals surface area contributed by atoms with Crippen molar-refractivity contribution in [1.29, 1.82) is 0 Å². The SMILES string of the molecule is Cl.O=C(CC1CSCCN1)NCCCOC1CCOCC1. The van der Waals surface area contributed by atoms with Crippen LogP contribution in [0.1, 0.15) is 25.7 Å². The van der Waals surface area contributed by atoms with Gasteiger partial charge >= 0.3 is 0 Å². The molecule has 2 N–H and O–H groups in total. The van der Waals surface area contributed by atoms with Crippen molar-refractivity contribution < 1.29 is 14.3 Å². The van der Waals surface area contributed by atoms with Gasteiger partial charge in [0, 0.05) is 56.9 Å². The predicted molar refractivity (Wildman–Crippen MR) is 88.4 cm³/mol. The first kappa shape index (κ1) is 19.0. The van der Waals surface area contributed by atoms with Crippen LogP contribution in [0.3, 0.4) is 0 Å². The number of nitrogens with one attached hydrogen (secondary N) is 2. The number of carbonyl (C=O) groups excluding carboxylic acids is 1. The molecule has 2 rings (SSSR count). The van der Waals surface area contributed by atoms with Crippen molar-refractivity contribution in [3.63, 3.8) is 0 Å². The van der Waals surface area contributed by atoms with E-state index in [9.17, 15) is 4.79 Å². The van der Waals surface area contributed by atoms with E-state index in [0.717, 1.165) is 57.1 Å². The molecule has 7 heteroatoms. The highest BCUT2D eigenvalue weighted by molar-refractivity contribution is 7.99. The second-order valence-corrected chi connectivity index (χ2v) is 6.47. The van der Waals surface area contributed by atoms with Gasteiger partial charge in [0.2, 0.25) is 5.91 Å². The van der Waals surface area contributed by atoms with Gasteiger partial charge in [-0.1, -0.05) is 0 Å². The van der Waals surface area contributed by atoms with Crippen LogP contribution in [0.4, 0.5) is 0 Å². The quantitative estimate of drug-likeness (QED) is 0.683. The molecule has 1 atom stereocenters. The molecule has 0 saturated carbocycles. The molecule has 21 heavy (non-hydrogen) atoms. The normalized spacial score (nSPS) is 23.3. The predicted octanol–water partition coefficient (Wildman–Crippen LogP) is 1.21. The molecule has 0 radical (unpaired) electrons. The fraction of sp³-hybridized carbons (Fsp3) is 0.929. The molecule has 2 fully saturated rings. The minimum atomic E-state index is 0. The minimum Gasteiger partial charge on any atom is -0.381 e. The summed E-state index contributed by atoms with van der Waals surface area (Å²) in [4.78, 5) is 11.8. The molecule has 2 heterocycles. The zero-order chi connectivity index (χ0) is 14.0. The molecule has 1 amide bonds. The summed E-state index contributed by atoms with van der Waals surface area (Å²) in [7, 11) is 0. The topological polar surface area (TPSA) is 59.6 Å². The van der Waals surface area contributed by atoms with Crippen LogP contribution < -0.4 is 10.6 Å². The lowest BCUT2D eigenvalue weighted by Gasteiger charge is -2.23. The van der Waals surface area contributed by atoms with Crippen molar-refractivity contribution in [2.45, 2.75) is 37.8 Å². The van der Waals surface area contributed by atoms with Gasteiger partial charge in [0.25, 0.3) is 0 Å². The summed E-state index contributed by atoms with van der Waals surface area (Å²) in [5.74, 6) is 2.35. The Balaban J connectivity index is 0.00000220. The van der Waals surface area contributed by atoms with Crippen LogP contribution in [0.15, 0.2) is 0 Å². The van der Waals surface area contributed by atoms with Gasteiger partial charge in [-0.15, -0.1) is 12.4 Å². The van der Waals surface area contributed by atoms with E-state index in [1.165, 1.54) is 0 Å². The van der Waals surface area contributed by atoms with Crippen LogP contribution in [0.2, 0.25) is 0 Å². The molecule has 0 bridgehead atoms. The van der Waals surface area contributed by atoms with Gasteiger partial charge < -0.3 is 20.1 Å². The molecule has 5 nitrogen and oxygen atoms in total. The zero-order valence-electron chi connectivity index (χ0n) is 12.5. The van der Waals surface area contributed by atoms with Crippen molar-refractivity contribution in [2.75, 3.05) is 44.4 Å². The van der Waals surface area contributed by atoms with Crippen molar-refractivity contribution in [3.8, 4) is 0 Å². The first-order valence-corrected chi connectivity index (χ1v) is 8.77. The number of halogens is 1. The summed E-state index contributed by atoms with van der Waals surface area (Å²) < 4.78 is 11.1. The third-order valence-electron chi connectivity index (χ3n) is 3.60. The fourth-order valence-electron chi connectivity index (χ4n) is 2.44. The molecule has 1 unspecified atom stereocenters. The molecular weight excluding hydrogens is 312 g/mol. The Hall–Kier alpha value is -0.0100. The maximum Gasteiger partial charge on any atom is 0.221 e. The molecule has 2 aliphatic rings. The third kappa shape index (κ3) is 8.26. The smallest absolute Gasteiger partial charge is 0.221 e. The van der Waals surface area contributed by atoms with E-state index < -0.39 is 0 Å². The van der Waals surface area contributed by atoms with E-state index in [2.05, 4.69) is 10.6 Å². The summed E-state index contributed by atoms with van der Waals surface area (Å²) in [6.45, 7) is 4.08. The largest absolute Gasteiger partial charge is 0.381 e. The zero-order valence-corrected chi connectivity index (χ0v) is 14.1. The minimum absolute atomic E-state index is 0. The molecule has 2 saturated heterocycles. The standard InChI is InChI=1S/C14H26N2O3S.ClH/c17-14(10-12-11-20-9-5-15-12)16-4-1-6-19-13-2-7-18-8-3-13;/h12-13,15H,1-11H2,(H,16,17);1H. The molecule has 124 valence electrons. The van der Waals surface area contributed by atoms with Crippen molar-refractivity contribution in [3.05, 3.63) is 0 Å². The third-order valence-corrected chi connectivity index (χ3v) is 4.73. The van der Waals surface area contributed by atoms with Gasteiger partial charge in [-0.25, -0.2) is 0 Å². The van der Waals surface area contributed by atoms with E-state index in [1.807, 2.05) is 11.8 Å². The summed E-state index contributed by atoms with van der Waals surface area (Å²) in [5, 5.41) is 6.35. The maximum atomic E-state index is 11.8. The summed E-state index contributed by atoms with van der Waals surface area (Å²) >= 11 is 1.92. The number of thioether (sulfide) groups is 1. The molecule has 0 spiro atoms. The number of rotatable bonds is 7. The number of hydrogen-bond donors (Lipinski definition) is 2. The molecular formula is C14H27ClN2O3S. The van der Waals surface area contributed by atoms with Gasteiger partial charge in [0.1, 0.15) is 0 Å². The average molecular weight is 339 g/mol.